The Morgan fingerprint density at radius 2 is 1.62 bits per heavy atom. The van der Waals surface area contributed by atoms with Crippen LogP contribution in [0.3, 0.4) is 0 Å². The van der Waals surface area contributed by atoms with E-state index in [0.717, 1.165) is 5.69 Å². The molecule has 0 aliphatic carbocycles. The molecule has 120 valence electrons. The number of halogens is 2. The molecule has 1 amide bonds. The number of aromatic nitrogens is 2. The lowest BCUT2D eigenvalue weighted by Crippen LogP contribution is -2.14. The van der Waals surface area contributed by atoms with Gasteiger partial charge >= 0.3 is 0 Å². The zero-order valence-electron chi connectivity index (χ0n) is 12.3. The number of rotatable bonds is 4. The molecule has 7 heteroatoms. The van der Waals surface area contributed by atoms with E-state index in [1.807, 2.05) is 0 Å². The SMILES string of the molecule is O=C(Nc1ccc(F)cc1)c1cc(Nc2ccc(Cl)cc2)ncn1. The van der Waals surface area contributed by atoms with Gasteiger partial charge in [-0.05, 0) is 48.5 Å². The van der Waals surface area contributed by atoms with Crippen molar-refractivity contribution in [3.05, 3.63) is 77.5 Å². The summed E-state index contributed by atoms with van der Waals surface area (Å²) < 4.78 is 12.9. The van der Waals surface area contributed by atoms with Crippen molar-refractivity contribution in [2.45, 2.75) is 0 Å². The zero-order chi connectivity index (χ0) is 16.9. The monoisotopic (exact) mass is 342 g/mol. The summed E-state index contributed by atoms with van der Waals surface area (Å²) in [4.78, 5) is 20.2. The average Bonchev–Trinajstić information content (AvgIpc) is 2.59. The molecule has 0 aliphatic rings. The number of carbonyl (C=O) groups excluding carboxylic acids is 1. The fraction of sp³-hybridized carbons (Fsp3) is 0. The van der Waals surface area contributed by atoms with Gasteiger partial charge in [0.2, 0.25) is 0 Å². The predicted octanol–water partition coefficient (Wildman–Crippen LogP) is 4.27. The molecule has 2 N–H and O–H groups in total. The van der Waals surface area contributed by atoms with Gasteiger partial charge in [0, 0.05) is 22.5 Å². The van der Waals surface area contributed by atoms with Gasteiger partial charge in [0.05, 0.1) is 0 Å². The summed E-state index contributed by atoms with van der Waals surface area (Å²) in [7, 11) is 0. The van der Waals surface area contributed by atoms with Gasteiger partial charge in [-0.3, -0.25) is 4.79 Å². The Balaban J connectivity index is 1.73. The molecule has 0 atom stereocenters. The Labute approximate surface area is 142 Å². The van der Waals surface area contributed by atoms with E-state index in [1.54, 1.807) is 24.3 Å². The van der Waals surface area contributed by atoms with Crippen molar-refractivity contribution in [2.75, 3.05) is 10.6 Å². The van der Waals surface area contributed by atoms with Gasteiger partial charge in [0.15, 0.2) is 0 Å². The molecule has 0 unspecified atom stereocenters. The molecule has 5 nitrogen and oxygen atoms in total. The minimum Gasteiger partial charge on any atom is -0.340 e. The lowest BCUT2D eigenvalue weighted by molar-refractivity contribution is 0.102. The summed E-state index contributed by atoms with van der Waals surface area (Å²) in [6.07, 6.45) is 1.29. The van der Waals surface area contributed by atoms with E-state index in [4.69, 9.17) is 11.6 Å². The van der Waals surface area contributed by atoms with Crippen LogP contribution in [0.25, 0.3) is 0 Å². The lowest BCUT2D eigenvalue weighted by Gasteiger charge is -2.08. The van der Waals surface area contributed by atoms with Crippen molar-refractivity contribution >= 4 is 34.7 Å². The number of amides is 1. The largest absolute Gasteiger partial charge is 0.340 e. The van der Waals surface area contributed by atoms with Gasteiger partial charge in [0.1, 0.15) is 23.7 Å². The Morgan fingerprint density at radius 3 is 2.33 bits per heavy atom. The van der Waals surface area contributed by atoms with Crippen LogP contribution < -0.4 is 10.6 Å². The number of nitrogens with zero attached hydrogens (tertiary/aromatic N) is 2. The van der Waals surface area contributed by atoms with Crippen LogP contribution in [-0.4, -0.2) is 15.9 Å². The molecule has 1 heterocycles. The smallest absolute Gasteiger partial charge is 0.274 e. The number of anilines is 3. The molecule has 3 rings (SSSR count). The second-order valence-corrected chi connectivity index (χ2v) is 5.32. The van der Waals surface area contributed by atoms with E-state index in [0.29, 0.717) is 16.5 Å². The summed E-state index contributed by atoms with van der Waals surface area (Å²) in [5.41, 5.74) is 1.45. The van der Waals surface area contributed by atoms with Crippen LogP contribution >= 0.6 is 11.6 Å². The molecule has 0 saturated heterocycles. The topological polar surface area (TPSA) is 66.9 Å². The first-order valence-corrected chi connectivity index (χ1v) is 7.39. The molecule has 0 aliphatic heterocycles. The molecule has 0 bridgehead atoms. The average molecular weight is 343 g/mol. The maximum Gasteiger partial charge on any atom is 0.274 e. The fourth-order valence-corrected chi connectivity index (χ4v) is 2.09. The highest BCUT2D eigenvalue weighted by molar-refractivity contribution is 6.30. The number of benzene rings is 2. The van der Waals surface area contributed by atoms with Crippen molar-refractivity contribution in [1.29, 1.82) is 0 Å². The molecule has 2 aromatic carbocycles. The molecule has 0 fully saturated rings. The van der Waals surface area contributed by atoms with Crippen molar-refractivity contribution in [1.82, 2.24) is 9.97 Å². The van der Waals surface area contributed by atoms with Crippen LogP contribution in [0.5, 0.6) is 0 Å². The summed E-state index contributed by atoms with van der Waals surface area (Å²) in [6, 6.07) is 14.1. The van der Waals surface area contributed by atoms with Crippen molar-refractivity contribution in [2.24, 2.45) is 0 Å². The van der Waals surface area contributed by atoms with Gasteiger partial charge in [-0.25, -0.2) is 14.4 Å². The first kappa shape index (κ1) is 15.9. The molecule has 3 aromatic rings. The van der Waals surface area contributed by atoms with Crippen LogP contribution in [-0.2, 0) is 0 Å². The first-order valence-electron chi connectivity index (χ1n) is 7.02. The van der Waals surface area contributed by atoms with E-state index in [-0.39, 0.29) is 11.5 Å². The Bertz CT molecular complexity index is 853. The second-order valence-electron chi connectivity index (χ2n) is 4.88. The summed E-state index contributed by atoms with van der Waals surface area (Å²) in [5, 5.41) is 6.33. The molecule has 0 radical (unpaired) electrons. The first-order chi connectivity index (χ1) is 11.6. The molecular weight excluding hydrogens is 331 g/mol. The van der Waals surface area contributed by atoms with Crippen molar-refractivity contribution in [3.63, 3.8) is 0 Å². The van der Waals surface area contributed by atoms with E-state index in [9.17, 15) is 9.18 Å². The highest BCUT2D eigenvalue weighted by Gasteiger charge is 2.09. The Morgan fingerprint density at radius 1 is 0.958 bits per heavy atom. The van der Waals surface area contributed by atoms with Crippen LogP contribution in [0.1, 0.15) is 10.5 Å². The highest BCUT2D eigenvalue weighted by atomic mass is 35.5. The van der Waals surface area contributed by atoms with Crippen LogP contribution in [0.2, 0.25) is 5.02 Å². The number of carbonyl (C=O) groups is 1. The third-order valence-corrected chi connectivity index (χ3v) is 3.37. The van der Waals surface area contributed by atoms with E-state index < -0.39 is 5.91 Å². The third kappa shape index (κ3) is 4.05. The summed E-state index contributed by atoms with van der Waals surface area (Å²) >= 11 is 5.84. The van der Waals surface area contributed by atoms with Crippen LogP contribution in [0.4, 0.5) is 21.6 Å². The highest BCUT2D eigenvalue weighted by Crippen LogP contribution is 2.18. The van der Waals surface area contributed by atoms with Crippen molar-refractivity contribution in [3.8, 4) is 0 Å². The number of hydrogen-bond acceptors (Lipinski definition) is 4. The molecule has 24 heavy (non-hydrogen) atoms. The van der Waals surface area contributed by atoms with E-state index in [2.05, 4.69) is 20.6 Å². The second kappa shape index (κ2) is 7.06. The minimum absolute atomic E-state index is 0.186. The standard InChI is InChI=1S/C17H12ClFN4O/c18-11-1-5-13(6-2-11)22-16-9-15(20-10-21-16)17(24)23-14-7-3-12(19)4-8-14/h1-10H,(H,23,24)(H,20,21,22). The van der Waals surface area contributed by atoms with Crippen LogP contribution in [0.15, 0.2) is 60.9 Å². The summed E-state index contributed by atoms with van der Waals surface area (Å²) in [6.45, 7) is 0. The summed E-state index contributed by atoms with van der Waals surface area (Å²) in [5.74, 6) is -0.316. The molecule has 0 spiro atoms. The maximum atomic E-state index is 12.9. The maximum absolute atomic E-state index is 12.9. The van der Waals surface area contributed by atoms with Gasteiger partial charge in [-0.2, -0.15) is 0 Å². The van der Waals surface area contributed by atoms with E-state index >= 15 is 0 Å². The predicted molar refractivity (Wildman–Crippen MR) is 91.1 cm³/mol. The molecule has 1 aromatic heterocycles. The fourth-order valence-electron chi connectivity index (χ4n) is 1.96. The third-order valence-electron chi connectivity index (χ3n) is 3.12. The quantitative estimate of drug-likeness (QED) is 0.743. The zero-order valence-corrected chi connectivity index (χ0v) is 13.1. The number of hydrogen-bond donors (Lipinski definition) is 2. The normalized spacial score (nSPS) is 10.2. The number of nitrogens with one attached hydrogen (secondary N) is 2. The van der Waals surface area contributed by atoms with Crippen molar-refractivity contribution < 1.29 is 9.18 Å². The Hall–Kier alpha value is -2.99. The lowest BCUT2D eigenvalue weighted by atomic mass is 10.3. The molecular formula is C17H12ClFN4O. The van der Waals surface area contributed by atoms with Crippen LogP contribution in [0, 0.1) is 5.82 Å². The van der Waals surface area contributed by atoms with Gasteiger partial charge in [-0.15, -0.1) is 0 Å². The Kier molecular flexibility index (Phi) is 4.67. The van der Waals surface area contributed by atoms with Gasteiger partial charge in [-0.1, -0.05) is 11.6 Å². The molecule has 0 saturated carbocycles. The van der Waals surface area contributed by atoms with Gasteiger partial charge in [0.25, 0.3) is 5.91 Å². The van der Waals surface area contributed by atoms with E-state index in [1.165, 1.54) is 36.7 Å². The van der Waals surface area contributed by atoms with Gasteiger partial charge < -0.3 is 10.6 Å². The minimum atomic E-state index is -0.414.